The molecular formula is C32H33N3O2. The summed E-state index contributed by atoms with van der Waals surface area (Å²) in [6, 6.07) is 25.7. The molecule has 0 amide bonds. The molecule has 0 radical (unpaired) electrons. The number of nitrogens with zero attached hydrogens (tertiary/aromatic N) is 1. The molecule has 37 heavy (non-hydrogen) atoms. The van der Waals surface area contributed by atoms with E-state index in [4.69, 9.17) is 0 Å². The van der Waals surface area contributed by atoms with E-state index in [1.54, 1.807) is 18.5 Å². The Balaban J connectivity index is 1.13. The summed E-state index contributed by atoms with van der Waals surface area (Å²) in [4.78, 5) is 30.5. The van der Waals surface area contributed by atoms with Gasteiger partial charge in [0.25, 0.3) is 0 Å². The van der Waals surface area contributed by atoms with Gasteiger partial charge in [-0.05, 0) is 84.5 Å². The number of hydrogen-bond donors (Lipinski definition) is 2. The molecule has 188 valence electrons. The summed E-state index contributed by atoms with van der Waals surface area (Å²) in [7, 11) is 0. The quantitative estimate of drug-likeness (QED) is 0.251. The van der Waals surface area contributed by atoms with Crippen LogP contribution in [0.1, 0.15) is 51.6 Å². The highest BCUT2D eigenvalue weighted by Gasteiger charge is 2.16. The van der Waals surface area contributed by atoms with Crippen LogP contribution in [-0.4, -0.2) is 29.6 Å². The molecule has 2 heterocycles. The number of H-pyrrole nitrogens is 1. The van der Waals surface area contributed by atoms with Crippen molar-refractivity contribution in [2.75, 3.05) is 23.3 Å². The van der Waals surface area contributed by atoms with Gasteiger partial charge in [-0.1, -0.05) is 31.2 Å². The molecule has 0 bridgehead atoms. The Morgan fingerprint density at radius 1 is 0.757 bits per heavy atom. The van der Waals surface area contributed by atoms with Crippen LogP contribution in [0.5, 0.6) is 0 Å². The van der Waals surface area contributed by atoms with E-state index >= 15 is 0 Å². The standard InChI is InChI=1S/C32H33N3O2/c1-23-15-18-35(19-16-23)30-12-6-26(7-13-30)31(36)20-24-2-8-28(9-3-24)34-29-10-4-25(5-11-29)21-32(37)27-14-17-33-22-27/h2-14,17,22-23,33-34H,15-16,18-21H2,1H3. The lowest BCUT2D eigenvalue weighted by Crippen LogP contribution is -2.32. The highest BCUT2D eigenvalue weighted by Crippen LogP contribution is 2.24. The number of piperidine rings is 1. The maximum atomic E-state index is 12.8. The number of carbonyl (C=O) groups excluding carboxylic acids is 2. The molecule has 5 rings (SSSR count). The van der Waals surface area contributed by atoms with Crippen LogP contribution in [0, 0.1) is 5.92 Å². The maximum Gasteiger partial charge on any atom is 0.168 e. The van der Waals surface area contributed by atoms with Gasteiger partial charge in [0.05, 0.1) is 0 Å². The summed E-state index contributed by atoms with van der Waals surface area (Å²) >= 11 is 0. The zero-order valence-corrected chi connectivity index (χ0v) is 21.2. The minimum atomic E-state index is 0.0969. The second-order valence-electron chi connectivity index (χ2n) is 10.0. The number of nitrogens with one attached hydrogen (secondary N) is 2. The van der Waals surface area contributed by atoms with E-state index in [1.165, 1.54) is 18.5 Å². The van der Waals surface area contributed by atoms with Gasteiger partial charge in [0.15, 0.2) is 11.6 Å². The van der Waals surface area contributed by atoms with Crippen LogP contribution in [0.15, 0.2) is 91.3 Å². The van der Waals surface area contributed by atoms with Crippen LogP contribution < -0.4 is 10.2 Å². The number of Topliss-reactive ketones (excluding diaryl/α,β-unsaturated/α-hetero) is 2. The van der Waals surface area contributed by atoms with Gasteiger partial charge in [0.1, 0.15) is 0 Å². The Morgan fingerprint density at radius 2 is 1.30 bits per heavy atom. The summed E-state index contributed by atoms with van der Waals surface area (Å²) < 4.78 is 0. The largest absolute Gasteiger partial charge is 0.372 e. The Labute approximate surface area is 218 Å². The maximum absolute atomic E-state index is 12.8. The van der Waals surface area contributed by atoms with Crippen molar-refractivity contribution in [1.29, 1.82) is 0 Å². The van der Waals surface area contributed by atoms with Crippen LogP contribution in [0.2, 0.25) is 0 Å². The molecule has 0 spiro atoms. The number of aromatic amines is 1. The number of hydrogen-bond acceptors (Lipinski definition) is 4. The van der Waals surface area contributed by atoms with Gasteiger partial charge in [-0.2, -0.15) is 0 Å². The zero-order chi connectivity index (χ0) is 25.6. The fourth-order valence-corrected chi connectivity index (χ4v) is 4.78. The van der Waals surface area contributed by atoms with Gasteiger partial charge in [0, 0.05) is 66.5 Å². The average Bonchev–Trinajstić information content (AvgIpc) is 3.47. The molecule has 5 heteroatoms. The molecule has 0 saturated carbocycles. The fraction of sp³-hybridized carbons (Fsp3) is 0.250. The SMILES string of the molecule is CC1CCN(c2ccc(C(=O)Cc3ccc(Nc4ccc(CC(=O)c5cc[nH]c5)cc4)cc3)cc2)CC1. The third kappa shape index (κ3) is 6.36. The van der Waals surface area contributed by atoms with Gasteiger partial charge in [0.2, 0.25) is 0 Å². The van der Waals surface area contributed by atoms with E-state index in [0.29, 0.717) is 18.4 Å². The third-order valence-electron chi connectivity index (χ3n) is 7.18. The first-order chi connectivity index (χ1) is 18.0. The van der Waals surface area contributed by atoms with Crippen molar-refractivity contribution in [2.24, 2.45) is 5.92 Å². The van der Waals surface area contributed by atoms with E-state index in [0.717, 1.165) is 47.1 Å². The van der Waals surface area contributed by atoms with Gasteiger partial charge < -0.3 is 15.2 Å². The van der Waals surface area contributed by atoms with Gasteiger partial charge >= 0.3 is 0 Å². The molecule has 3 aromatic carbocycles. The zero-order valence-electron chi connectivity index (χ0n) is 21.2. The van der Waals surface area contributed by atoms with Gasteiger partial charge in [-0.25, -0.2) is 0 Å². The normalized spacial score (nSPS) is 13.9. The second kappa shape index (κ2) is 11.3. The number of aromatic nitrogens is 1. The molecule has 1 saturated heterocycles. The highest BCUT2D eigenvalue weighted by atomic mass is 16.1. The number of anilines is 3. The topological polar surface area (TPSA) is 65.2 Å². The molecule has 5 nitrogen and oxygen atoms in total. The minimum Gasteiger partial charge on any atom is -0.372 e. The Kier molecular flexibility index (Phi) is 7.50. The molecular weight excluding hydrogens is 458 g/mol. The van der Waals surface area contributed by atoms with Crippen molar-refractivity contribution in [3.63, 3.8) is 0 Å². The van der Waals surface area contributed by atoms with Gasteiger partial charge in [-0.3, -0.25) is 9.59 Å². The van der Waals surface area contributed by atoms with Crippen molar-refractivity contribution in [2.45, 2.75) is 32.6 Å². The molecule has 1 aliphatic heterocycles. The monoisotopic (exact) mass is 491 g/mol. The number of rotatable bonds is 9. The first-order valence-corrected chi connectivity index (χ1v) is 13.0. The molecule has 0 unspecified atom stereocenters. The van der Waals surface area contributed by atoms with Crippen molar-refractivity contribution in [1.82, 2.24) is 4.98 Å². The molecule has 1 aliphatic rings. The van der Waals surface area contributed by atoms with E-state index in [1.807, 2.05) is 60.7 Å². The number of carbonyl (C=O) groups is 2. The van der Waals surface area contributed by atoms with Crippen LogP contribution in [-0.2, 0) is 12.8 Å². The van der Waals surface area contributed by atoms with Crippen LogP contribution in [0.4, 0.5) is 17.1 Å². The van der Waals surface area contributed by atoms with Crippen LogP contribution in [0.3, 0.4) is 0 Å². The fourth-order valence-electron chi connectivity index (χ4n) is 4.78. The summed E-state index contributed by atoms with van der Waals surface area (Å²) in [5.74, 6) is 1.03. The molecule has 2 N–H and O–H groups in total. The summed E-state index contributed by atoms with van der Waals surface area (Å²) in [6.45, 7) is 4.50. The van der Waals surface area contributed by atoms with Crippen LogP contribution >= 0.6 is 0 Å². The highest BCUT2D eigenvalue weighted by molar-refractivity contribution is 5.98. The Bertz CT molecular complexity index is 1320. The minimum absolute atomic E-state index is 0.0969. The molecule has 1 fully saturated rings. The summed E-state index contributed by atoms with van der Waals surface area (Å²) in [5.41, 5.74) is 6.53. The van der Waals surface area contributed by atoms with Crippen molar-refractivity contribution < 1.29 is 9.59 Å². The van der Waals surface area contributed by atoms with Crippen molar-refractivity contribution >= 4 is 28.6 Å². The second-order valence-corrected chi connectivity index (χ2v) is 10.0. The lowest BCUT2D eigenvalue weighted by atomic mass is 9.98. The molecule has 1 aromatic heterocycles. The molecule has 0 aliphatic carbocycles. The predicted molar refractivity (Wildman–Crippen MR) is 150 cm³/mol. The Morgan fingerprint density at radius 3 is 1.81 bits per heavy atom. The predicted octanol–water partition coefficient (Wildman–Crippen LogP) is 6.85. The van der Waals surface area contributed by atoms with Crippen LogP contribution in [0.25, 0.3) is 0 Å². The molecule has 4 aromatic rings. The average molecular weight is 492 g/mol. The van der Waals surface area contributed by atoms with Crippen molar-refractivity contribution in [3.05, 3.63) is 114 Å². The van der Waals surface area contributed by atoms with E-state index in [9.17, 15) is 9.59 Å². The number of benzene rings is 3. The third-order valence-corrected chi connectivity index (χ3v) is 7.18. The summed E-state index contributed by atoms with van der Waals surface area (Å²) in [5, 5.41) is 3.38. The van der Waals surface area contributed by atoms with E-state index in [2.05, 4.69) is 34.3 Å². The first-order valence-electron chi connectivity index (χ1n) is 13.0. The Hall–Kier alpha value is -4.12. The van der Waals surface area contributed by atoms with E-state index in [-0.39, 0.29) is 11.6 Å². The van der Waals surface area contributed by atoms with Gasteiger partial charge in [-0.15, -0.1) is 0 Å². The van der Waals surface area contributed by atoms with E-state index < -0.39 is 0 Å². The smallest absolute Gasteiger partial charge is 0.168 e. The number of ketones is 2. The summed E-state index contributed by atoms with van der Waals surface area (Å²) in [6.07, 6.45) is 6.70. The first kappa shape index (κ1) is 24.6. The molecule has 0 atom stereocenters. The lowest BCUT2D eigenvalue weighted by Gasteiger charge is -2.32. The lowest BCUT2D eigenvalue weighted by molar-refractivity contribution is 0.0985. The van der Waals surface area contributed by atoms with Crippen molar-refractivity contribution in [3.8, 4) is 0 Å².